The van der Waals surface area contributed by atoms with Crippen molar-refractivity contribution in [2.24, 2.45) is 22.5 Å². The van der Waals surface area contributed by atoms with Crippen LogP contribution < -0.4 is 11.1 Å². The molecule has 1 amide bonds. The molecule has 0 saturated carbocycles. The van der Waals surface area contributed by atoms with Gasteiger partial charge < -0.3 is 11.1 Å². The van der Waals surface area contributed by atoms with Crippen LogP contribution in [0.5, 0.6) is 0 Å². The summed E-state index contributed by atoms with van der Waals surface area (Å²) in [7, 11) is 0. The van der Waals surface area contributed by atoms with Gasteiger partial charge in [0.05, 0.1) is 0 Å². The van der Waals surface area contributed by atoms with Gasteiger partial charge in [-0.05, 0) is 42.6 Å². The Labute approximate surface area is 119 Å². The lowest BCUT2D eigenvalue weighted by atomic mass is 9.76. The van der Waals surface area contributed by atoms with Gasteiger partial charge in [-0.15, -0.1) is 0 Å². The molecule has 0 aliphatic carbocycles. The highest BCUT2D eigenvalue weighted by molar-refractivity contribution is 5.75. The number of carbonyl (C=O) groups is 1. The molecule has 0 aromatic rings. The van der Waals surface area contributed by atoms with Crippen LogP contribution in [-0.2, 0) is 4.79 Å². The molecule has 0 aliphatic heterocycles. The molecule has 3 N–H and O–H groups in total. The van der Waals surface area contributed by atoms with E-state index in [0.29, 0.717) is 18.9 Å². The first-order chi connectivity index (χ1) is 8.62. The van der Waals surface area contributed by atoms with Crippen LogP contribution in [0.1, 0.15) is 67.2 Å². The number of nitrogens with one attached hydrogen (secondary N) is 1. The van der Waals surface area contributed by atoms with Crippen molar-refractivity contribution in [1.82, 2.24) is 5.32 Å². The standard InChI is InChI=1S/C16H34N2O/c1-7-16(5,6)12-18-14(19)9-8-13(10-11-17)15(2,3)4/h13H,7-12,17H2,1-6H3,(H,18,19). The van der Waals surface area contributed by atoms with E-state index in [2.05, 4.69) is 46.9 Å². The summed E-state index contributed by atoms with van der Waals surface area (Å²) < 4.78 is 0. The van der Waals surface area contributed by atoms with E-state index in [1.807, 2.05) is 0 Å². The lowest BCUT2D eigenvalue weighted by Crippen LogP contribution is -2.34. The van der Waals surface area contributed by atoms with E-state index < -0.39 is 0 Å². The van der Waals surface area contributed by atoms with E-state index in [9.17, 15) is 4.79 Å². The lowest BCUT2D eigenvalue weighted by Gasteiger charge is -2.30. The Morgan fingerprint density at radius 3 is 2.16 bits per heavy atom. The highest BCUT2D eigenvalue weighted by atomic mass is 16.1. The summed E-state index contributed by atoms with van der Waals surface area (Å²) in [5, 5.41) is 3.05. The Balaban J connectivity index is 4.13. The number of amides is 1. The van der Waals surface area contributed by atoms with Crippen molar-refractivity contribution in [2.45, 2.75) is 67.2 Å². The fourth-order valence-electron chi connectivity index (χ4n) is 2.07. The number of rotatable bonds is 8. The van der Waals surface area contributed by atoms with Gasteiger partial charge in [0, 0.05) is 13.0 Å². The molecular weight excluding hydrogens is 236 g/mol. The fourth-order valence-corrected chi connectivity index (χ4v) is 2.07. The van der Waals surface area contributed by atoms with Gasteiger partial charge in [0.2, 0.25) is 5.91 Å². The smallest absolute Gasteiger partial charge is 0.220 e. The maximum atomic E-state index is 11.9. The molecule has 0 heterocycles. The van der Waals surface area contributed by atoms with E-state index in [0.717, 1.165) is 25.8 Å². The van der Waals surface area contributed by atoms with E-state index in [4.69, 9.17) is 5.73 Å². The molecular formula is C16H34N2O. The van der Waals surface area contributed by atoms with E-state index in [1.165, 1.54) is 0 Å². The molecule has 3 heteroatoms. The van der Waals surface area contributed by atoms with Crippen LogP contribution in [0.25, 0.3) is 0 Å². The minimum atomic E-state index is 0.174. The molecule has 1 atom stereocenters. The van der Waals surface area contributed by atoms with Crippen LogP contribution in [0.4, 0.5) is 0 Å². The molecule has 3 nitrogen and oxygen atoms in total. The third-order valence-electron chi connectivity index (χ3n) is 4.18. The Morgan fingerprint density at radius 2 is 1.74 bits per heavy atom. The van der Waals surface area contributed by atoms with Gasteiger partial charge in [0.25, 0.3) is 0 Å². The summed E-state index contributed by atoms with van der Waals surface area (Å²) in [6.07, 6.45) is 3.61. The number of nitrogens with two attached hydrogens (primary N) is 1. The Hall–Kier alpha value is -0.570. The molecule has 0 bridgehead atoms. The maximum Gasteiger partial charge on any atom is 0.220 e. The zero-order chi connectivity index (χ0) is 15.1. The summed E-state index contributed by atoms with van der Waals surface area (Å²) >= 11 is 0. The molecule has 0 spiro atoms. The first-order valence-corrected chi connectivity index (χ1v) is 7.59. The van der Waals surface area contributed by atoms with Crippen LogP contribution in [0.2, 0.25) is 0 Å². The van der Waals surface area contributed by atoms with Gasteiger partial charge in [-0.25, -0.2) is 0 Å². The molecule has 19 heavy (non-hydrogen) atoms. The van der Waals surface area contributed by atoms with Crippen LogP contribution in [0.3, 0.4) is 0 Å². The van der Waals surface area contributed by atoms with Crippen molar-refractivity contribution >= 4 is 5.91 Å². The second kappa shape index (κ2) is 7.88. The van der Waals surface area contributed by atoms with Crippen molar-refractivity contribution < 1.29 is 4.79 Å². The minimum absolute atomic E-state index is 0.174. The SMILES string of the molecule is CCC(C)(C)CNC(=O)CCC(CCN)C(C)(C)C. The largest absolute Gasteiger partial charge is 0.356 e. The molecule has 0 aliphatic rings. The fraction of sp³-hybridized carbons (Fsp3) is 0.938. The van der Waals surface area contributed by atoms with Crippen LogP contribution in [0, 0.1) is 16.7 Å². The highest BCUT2D eigenvalue weighted by Gasteiger charge is 2.24. The molecule has 0 radical (unpaired) electrons. The van der Waals surface area contributed by atoms with Crippen molar-refractivity contribution in [3.63, 3.8) is 0 Å². The quantitative estimate of drug-likeness (QED) is 0.711. The van der Waals surface area contributed by atoms with Crippen LogP contribution in [-0.4, -0.2) is 19.0 Å². The van der Waals surface area contributed by atoms with E-state index in [1.54, 1.807) is 0 Å². The maximum absolute atomic E-state index is 11.9. The lowest BCUT2D eigenvalue weighted by molar-refractivity contribution is -0.122. The molecule has 0 rings (SSSR count). The zero-order valence-electron chi connectivity index (χ0n) is 13.8. The zero-order valence-corrected chi connectivity index (χ0v) is 13.8. The van der Waals surface area contributed by atoms with Crippen LogP contribution in [0.15, 0.2) is 0 Å². The third-order valence-corrected chi connectivity index (χ3v) is 4.18. The predicted molar refractivity (Wildman–Crippen MR) is 82.9 cm³/mol. The normalized spacial score (nSPS) is 14.3. The molecule has 0 fully saturated rings. The summed E-state index contributed by atoms with van der Waals surface area (Å²) in [6.45, 7) is 14.7. The van der Waals surface area contributed by atoms with E-state index >= 15 is 0 Å². The summed E-state index contributed by atoms with van der Waals surface area (Å²) in [5.41, 5.74) is 6.08. The number of carbonyl (C=O) groups excluding carboxylic acids is 1. The van der Waals surface area contributed by atoms with Gasteiger partial charge in [-0.1, -0.05) is 41.5 Å². The first-order valence-electron chi connectivity index (χ1n) is 7.59. The van der Waals surface area contributed by atoms with Gasteiger partial charge >= 0.3 is 0 Å². The Kier molecular flexibility index (Phi) is 7.65. The molecule has 0 aromatic carbocycles. The molecule has 1 unspecified atom stereocenters. The third kappa shape index (κ3) is 8.25. The average Bonchev–Trinajstić information content (AvgIpc) is 2.30. The molecule has 114 valence electrons. The van der Waals surface area contributed by atoms with Gasteiger partial charge in [0.15, 0.2) is 0 Å². The van der Waals surface area contributed by atoms with Crippen molar-refractivity contribution in [3.05, 3.63) is 0 Å². The monoisotopic (exact) mass is 270 g/mol. The molecule has 0 aromatic heterocycles. The van der Waals surface area contributed by atoms with Gasteiger partial charge in [-0.3, -0.25) is 4.79 Å². The summed E-state index contributed by atoms with van der Waals surface area (Å²) in [5.74, 6) is 0.690. The number of hydrogen-bond donors (Lipinski definition) is 2. The predicted octanol–water partition coefficient (Wildman–Crippen LogP) is 3.33. The second-order valence-electron chi connectivity index (χ2n) is 7.47. The Bertz CT molecular complexity index is 266. The Morgan fingerprint density at radius 1 is 1.16 bits per heavy atom. The van der Waals surface area contributed by atoms with Crippen molar-refractivity contribution in [3.8, 4) is 0 Å². The summed E-state index contributed by atoms with van der Waals surface area (Å²) in [6, 6.07) is 0. The van der Waals surface area contributed by atoms with Crippen LogP contribution >= 0.6 is 0 Å². The highest BCUT2D eigenvalue weighted by Crippen LogP contribution is 2.32. The van der Waals surface area contributed by atoms with Gasteiger partial charge in [-0.2, -0.15) is 0 Å². The topological polar surface area (TPSA) is 55.1 Å². The molecule has 0 saturated heterocycles. The van der Waals surface area contributed by atoms with Crippen molar-refractivity contribution in [2.75, 3.05) is 13.1 Å². The summed E-state index contributed by atoms with van der Waals surface area (Å²) in [4.78, 5) is 11.9. The van der Waals surface area contributed by atoms with Gasteiger partial charge in [0.1, 0.15) is 0 Å². The average molecular weight is 270 g/mol. The van der Waals surface area contributed by atoms with E-state index in [-0.39, 0.29) is 16.7 Å². The minimum Gasteiger partial charge on any atom is -0.356 e. The van der Waals surface area contributed by atoms with Crippen molar-refractivity contribution in [1.29, 1.82) is 0 Å². The second-order valence-corrected chi connectivity index (χ2v) is 7.47. The number of hydrogen-bond acceptors (Lipinski definition) is 2. The first kappa shape index (κ1) is 18.4.